The highest BCUT2D eigenvalue weighted by atomic mass is 19.4. The van der Waals surface area contributed by atoms with Gasteiger partial charge in [0, 0.05) is 6.04 Å². The first-order valence-electron chi connectivity index (χ1n) is 7.18. The Morgan fingerprint density at radius 3 is 2.21 bits per heavy atom. The highest BCUT2D eigenvalue weighted by Crippen LogP contribution is 2.40. The van der Waals surface area contributed by atoms with Gasteiger partial charge in [0.25, 0.3) is 0 Å². The number of hydrogen-bond acceptors (Lipinski definition) is 2. The van der Waals surface area contributed by atoms with Crippen LogP contribution < -0.4 is 0 Å². The highest BCUT2D eigenvalue weighted by Gasteiger charge is 2.44. The predicted molar refractivity (Wildman–Crippen MR) is 67.8 cm³/mol. The molecule has 0 aromatic rings. The predicted octanol–water partition coefficient (Wildman–Crippen LogP) is 3.20. The molecule has 0 aromatic heterocycles. The Kier molecular flexibility index (Phi) is 4.17. The fraction of sp³-hybridized carbons (Fsp3) is 1.00. The molecular weight excluding hydrogens is 255 g/mol. The Balaban J connectivity index is 1.93. The SMILES string of the molecule is CC1(C)CCC(O)C(N2CCC(C(F)(F)F)CC2)C1. The maximum Gasteiger partial charge on any atom is 0.391 e. The van der Waals surface area contributed by atoms with Gasteiger partial charge >= 0.3 is 6.18 Å². The van der Waals surface area contributed by atoms with Crippen LogP contribution in [0.1, 0.15) is 46.0 Å². The van der Waals surface area contributed by atoms with Crippen LogP contribution >= 0.6 is 0 Å². The van der Waals surface area contributed by atoms with Gasteiger partial charge < -0.3 is 5.11 Å². The molecule has 1 heterocycles. The summed E-state index contributed by atoms with van der Waals surface area (Å²) in [6, 6.07) is 0.0398. The molecule has 2 atom stereocenters. The smallest absolute Gasteiger partial charge is 0.391 e. The molecule has 5 heteroatoms. The largest absolute Gasteiger partial charge is 0.391 e. The minimum atomic E-state index is -4.06. The molecule has 2 fully saturated rings. The highest BCUT2D eigenvalue weighted by molar-refractivity contribution is 4.92. The van der Waals surface area contributed by atoms with Gasteiger partial charge in [0.1, 0.15) is 0 Å². The van der Waals surface area contributed by atoms with Crippen LogP contribution in [0.25, 0.3) is 0 Å². The number of aliphatic hydroxyl groups is 1. The van der Waals surface area contributed by atoms with E-state index in [1.807, 2.05) is 0 Å². The van der Waals surface area contributed by atoms with Gasteiger partial charge in [-0.25, -0.2) is 0 Å². The zero-order chi connectivity index (χ0) is 14.3. The van der Waals surface area contributed by atoms with E-state index in [0.717, 1.165) is 19.3 Å². The van der Waals surface area contributed by atoms with E-state index in [2.05, 4.69) is 18.7 Å². The second-order valence-electron chi connectivity index (χ2n) is 6.89. The number of nitrogens with zero attached hydrogens (tertiary/aromatic N) is 1. The van der Waals surface area contributed by atoms with Crippen molar-refractivity contribution in [2.45, 2.75) is 64.3 Å². The van der Waals surface area contributed by atoms with Gasteiger partial charge in [-0.3, -0.25) is 4.90 Å². The maximum atomic E-state index is 12.6. The molecule has 0 radical (unpaired) electrons. The Morgan fingerprint density at radius 2 is 1.68 bits per heavy atom. The van der Waals surface area contributed by atoms with Crippen molar-refractivity contribution < 1.29 is 18.3 Å². The number of aliphatic hydroxyl groups excluding tert-OH is 1. The van der Waals surface area contributed by atoms with E-state index >= 15 is 0 Å². The van der Waals surface area contributed by atoms with Gasteiger partial charge in [0.2, 0.25) is 0 Å². The van der Waals surface area contributed by atoms with Crippen molar-refractivity contribution in [1.82, 2.24) is 4.90 Å². The zero-order valence-corrected chi connectivity index (χ0v) is 11.7. The molecule has 1 saturated heterocycles. The van der Waals surface area contributed by atoms with Crippen LogP contribution in [0.5, 0.6) is 0 Å². The van der Waals surface area contributed by atoms with Gasteiger partial charge in [-0.1, -0.05) is 13.8 Å². The quantitative estimate of drug-likeness (QED) is 0.797. The monoisotopic (exact) mass is 279 g/mol. The fourth-order valence-electron chi connectivity index (χ4n) is 3.47. The minimum absolute atomic E-state index is 0.0398. The number of hydrogen-bond donors (Lipinski definition) is 1. The van der Waals surface area contributed by atoms with Crippen molar-refractivity contribution in [2.75, 3.05) is 13.1 Å². The number of halogens is 3. The lowest BCUT2D eigenvalue weighted by Crippen LogP contribution is -2.52. The maximum absolute atomic E-state index is 12.6. The molecule has 2 aliphatic rings. The van der Waals surface area contributed by atoms with Gasteiger partial charge in [0.15, 0.2) is 0 Å². The molecule has 0 bridgehead atoms. The third-order valence-corrected chi connectivity index (χ3v) is 4.78. The molecule has 19 heavy (non-hydrogen) atoms. The normalized spacial score (nSPS) is 34.4. The van der Waals surface area contributed by atoms with Crippen molar-refractivity contribution in [2.24, 2.45) is 11.3 Å². The molecule has 0 aromatic carbocycles. The third-order valence-electron chi connectivity index (χ3n) is 4.78. The van der Waals surface area contributed by atoms with Gasteiger partial charge in [-0.15, -0.1) is 0 Å². The Labute approximate surface area is 113 Å². The van der Waals surface area contributed by atoms with Crippen molar-refractivity contribution in [3.8, 4) is 0 Å². The summed E-state index contributed by atoms with van der Waals surface area (Å²) in [5.41, 5.74) is 0.185. The van der Waals surface area contributed by atoms with E-state index in [1.54, 1.807) is 0 Å². The molecule has 0 spiro atoms. The molecule has 1 N–H and O–H groups in total. The zero-order valence-electron chi connectivity index (χ0n) is 11.7. The van der Waals surface area contributed by atoms with E-state index < -0.39 is 12.1 Å². The standard InChI is InChI=1S/C14H24F3NO/c1-13(2)6-3-12(19)11(9-13)18-7-4-10(5-8-18)14(15,16)17/h10-12,19H,3-9H2,1-2H3. The first-order valence-corrected chi connectivity index (χ1v) is 7.18. The van der Waals surface area contributed by atoms with Crippen LogP contribution in [0, 0.1) is 11.3 Å². The molecule has 2 nitrogen and oxygen atoms in total. The summed E-state index contributed by atoms with van der Waals surface area (Å²) >= 11 is 0. The van der Waals surface area contributed by atoms with Crippen molar-refractivity contribution in [3.63, 3.8) is 0 Å². The number of alkyl halides is 3. The van der Waals surface area contributed by atoms with E-state index in [-0.39, 0.29) is 30.4 Å². The number of rotatable bonds is 1. The van der Waals surface area contributed by atoms with Gasteiger partial charge in [0.05, 0.1) is 12.0 Å². The first kappa shape index (κ1) is 15.1. The third kappa shape index (κ3) is 3.63. The van der Waals surface area contributed by atoms with Crippen LogP contribution in [0.15, 0.2) is 0 Å². The summed E-state index contributed by atoms with van der Waals surface area (Å²) in [4.78, 5) is 2.08. The van der Waals surface area contributed by atoms with Crippen molar-refractivity contribution in [1.29, 1.82) is 0 Å². The van der Waals surface area contributed by atoms with E-state index in [9.17, 15) is 18.3 Å². The van der Waals surface area contributed by atoms with Crippen LogP contribution in [-0.4, -0.2) is 41.4 Å². The fourth-order valence-corrected chi connectivity index (χ4v) is 3.47. The average molecular weight is 279 g/mol. The van der Waals surface area contributed by atoms with E-state index in [1.165, 1.54) is 0 Å². The van der Waals surface area contributed by atoms with Crippen LogP contribution in [0.4, 0.5) is 13.2 Å². The topological polar surface area (TPSA) is 23.5 Å². The lowest BCUT2D eigenvalue weighted by atomic mass is 9.73. The van der Waals surface area contributed by atoms with Crippen LogP contribution in [0.2, 0.25) is 0 Å². The van der Waals surface area contributed by atoms with Gasteiger partial charge in [-0.2, -0.15) is 13.2 Å². The number of likely N-dealkylation sites (tertiary alicyclic amines) is 1. The first-order chi connectivity index (χ1) is 8.69. The van der Waals surface area contributed by atoms with Gasteiger partial charge in [-0.05, 0) is 50.6 Å². The Bertz CT molecular complexity index is 308. The summed E-state index contributed by atoms with van der Waals surface area (Å²) in [5.74, 6) is -1.16. The number of piperidine rings is 1. The molecule has 112 valence electrons. The summed E-state index contributed by atoms with van der Waals surface area (Å²) in [6.45, 7) is 5.27. The van der Waals surface area contributed by atoms with Crippen LogP contribution in [0.3, 0.4) is 0 Å². The molecule has 0 amide bonds. The molecular formula is C14H24F3NO. The Hall–Kier alpha value is -0.290. The molecule has 1 aliphatic heterocycles. The van der Waals surface area contributed by atoms with Crippen molar-refractivity contribution >= 4 is 0 Å². The lowest BCUT2D eigenvalue weighted by Gasteiger charge is -2.46. The van der Waals surface area contributed by atoms with Crippen molar-refractivity contribution in [3.05, 3.63) is 0 Å². The second kappa shape index (κ2) is 5.24. The van der Waals surface area contributed by atoms with E-state index in [4.69, 9.17) is 0 Å². The molecule has 2 rings (SSSR count). The molecule has 1 saturated carbocycles. The van der Waals surface area contributed by atoms with E-state index in [0.29, 0.717) is 13.1 Å². The summed E-state index contributed by atoms with van der Waals surface area (Å²) in [6.07, 6.45) is -1.46. The minimum Gasteiger partial charge on any atom is -0.391 e. The second-order valence-corrected chi connectivity index (χ2v) is 6.89. The summed E-state index contributed by atoms with van der Waals surface area (Å²) in [7, 11) is 0. The molecule has 1 aliphatic carbocycles. The summed E-state index contributed by atoms with van der Waals surface area (Å²) < 4.78 is 37.9. The molecule has 2 unspecified atom stereocenters. The average Bonchev–Trinajstić information content (AvgIpc) is 2.31. The lowest BCUT2D eigenvalue weighted by molar-refractivity contribution is -0.188. The summed E-state index contributed by atoms with van der Waals surface area (Å²) in [5, 5.41) is 10.1. The Morgan fingerprint density at radius 1 is 1.11 bits per heavy atom. The van der Waals surface area contributed by atoms with Crippen LogP contribution in [-0.2, 0) is 0 Å².